The summed E-state index contributed by atoms with van der Waals surface area (Å²) in [5, 5.41) is 0. The van der Waals surface area contributed by atoms with Gasteiger partial charge in [-0.15, -0.1) is 0 Å². The van der Waals surface area contributed by atoms with Crippen LogP contribution in [0.15, 0.2) is 24.3 Å². The van der Waals surface area contributed by atoms with Gasteiger partial charge >= 0.3 is 0 Å². The number of fused-ring (bicyclic) bond motifs is 5. The molecule has 1 radical (unpaired) electrons. The van der Waals surface area contributed by atoms with Gasteiger partial charge in [-0.1, -0.05) is 24.3 Å². The minimum atomic E-state index is 1.15. The van der Waals surface area contributed by atoms with Crippen molar-refractivity contribution < 1.29 is 0 Å². The van der Waals surface area contributed by atoms with E-state index in [-0.39, 0.29) is 0 Å². The molecule has 0 aliphatic heterocycles. The van der Waals surface area contributed by atoms with Crippen LogP contribution in [0.1, 0.15) is 59.1 Å². The Morgan fingerprint density at radius 1 is 0.571 bits per heavy atom. The Hall–Kier alpha value is -1.56. The number of aryl methyl sites for hydroxylation is 3. The minimum absolute atomic E-state index is 1.15. The van der Waals surface area contributed by atoms with Crippen molar-refractivity contribution in [1.29, 1.82) is 0 Å². The molecule has 0 amide bonds. The largest absolute Gasteiger partial charge is 0.0546 e. The molecule has 3 aliphatic carbocycles. The molecule has 0 nitrogen and oxygen atoms in total. The molecule has 0 N–H and O–H groups in total. The van der Waals surface area contributed by atoms with Crippen LogP contribution in [0.4, 0.5) is 0 Å². The fourth-order valence-corrected chi connectivity index (χ4v) is 4.50. The van der Waals surface area contributed by atoms with E-state index in [4.69, 9.17) is 0 Å². The van der Waals surface area contributed by atoms with Gasteiger partial charge in [-0.25, -0.2) is 0 Å². The maximum Gasteiger partial charge on any atom is -0.00132 e. The summed E-state index contributed by atoms with van der Waals surface area (Å²) in [6.45, 7) is 0. The van der Waals surface area contributed by atoms with Gasteiger partial charge in [0.15, 0.2) is 0 Å². The zero-order valence-electron chi connectivity index (χ0n) is 12.5. The summed E-state index contributed by atoms with van der Waals surface area (Å²) < 4.78 is 0. The van der Waals surface area contributed by atoms with Crippen LogP contribution < -0.4 is 0 Å². The van der Waals surface area contributed by atoms with Crippen molar-refractivity contribution >= 4 is 0 Å². The third-order valence-electron chi connectivity index (χ3n) is 5.62. The van der Waals surface area contributed by atoms with E-state index in [1.54, 1.807) is 33.4 Å². The molecule has 105 valence electrons. The Morgan fingerprint density at radius 2 is 1.24 bits per heavy atom. The molecule has 0 atom stereocenters. The number of hydrogen-bond donors (Lipinski definition) is 0. The SMILES string of the molecule is [CH]1CCCc2cc3c(cc21)Cc1cc2c(cc1-3)CCCC2. The third-order valence-corrected chi connectivity index (χ3v) is 5.62. The fraction of sp³-hybridized carbons (Fsp3) is 0.381. The highest BCUT2D eigenvalue weighted by Crippen LogP contribution is 2.42. The molecule has 0 heterocycles. The first-order valence-electron chi connectivity index (χ1n) is 8.52. The second-order valence-electron chi connectivity index (χ2n) is 6.97. The number of rotatable bonds is 0. The van der Waals surface area contributed by atoms with Crippen LogP contribution in [-0.4, -0.2) is 0 Å². The van der Waals surface area contributed by atoms with E-state index >= 15 is 0 Å². The maximum absolute atomic E-state index is 2.52. The lowest BCUT2D eigenvalue weighted by molar-refractivity contribution is 0.685. The first-order chi connectivity index (χ1) is 10.4. The molecule has 2 aromatic carbocycles. The van der Waals surface area contributed by atoms with Crippen molar-refractivity contribution in [2.75, 3.05) is 0 Å². The van der Waals surface area contributed by atoms with E-state index in [2.05, 4.69) is 30.7 Å². The van der Waals surface area contributed by atoms with Gasteiger partial charge in [-0.2, -0.15) is 0 Å². The fourth-order valence-electron chi connectivity index (χ4n) is 4.50. The van der Waals surface area contributed by atoms with E-state index < -0.39 is 0 Å². The van der Waals surface area contributed by atoms with Gasteiger partial charge in [0.25, 0.3) is 0 Å². The van der Waals surface area contributed by atoms with Gasteiger partial charge in [-0.3, -0.25) is 0 Å². The van der Waals surface area contributed by atoms with Gasteiger partial charge < -0.3 is 0 Å². The second kappa shape index (κ2) is 4.47. The van der Waals surface area contributed by atoms with Gasteiger partial charge in [0.2, 0.25) is 0 Å². The van der Waals surface area contributed by atoms with E-state index in [1.807, 2.05) is 0 Å². The minimum Gasteiger partial charge on any atom is -0.0546 e. The lowest BCUT2D eigenvalue weighted by Gasteiger charge is -2.18. The Kier molecular flexibility index (Phi) is 2.56. The van der Waals surface area contributed by atoms with Crippen molar-refractivity contribution in [3.05, 3.63) is 64.1 Å². The number of benzene rings is 2. The summed E-state index contributed by atoms with van der Waals surface area (Å²) in [5.74, 6) is 0. The van der Waals surface area contributed by atoms with Crippen molar-refractivity contribution in [1.82, 2.24) is 0 Å². The Balaban J connectivity index is 1.67. The molecule has 0 saturated heterocycles. The van der Waals surface area contributed by atoms with E-state index in [0.29, 0.717) is 0 Å². The summed E-state index contributed by atoms with van der Waals surface area (Å²) in [7, 11) is 0. The van der Waals surface area contributed by atoms with Crippen molar-refractivity contribution in [3.63, 3.8) is 0 Å². The molecule has 0 spiro atoms. The molecule has 21 heavy (non-hydrogen) atoms. The zero-order valence-corrected chi connectivity index (χ0v) is 12.5. The summed E-state index contributed by atoms with van der Waals surface area (Å²) in [6, 6.07) is 10.0. The van der Waals surface area contributed by atoms with Gasteiger partial charge in [0.05, 0.1) is 0 Å². The van der Waals surface area contributed by atoms with Crippen LogP contribution in [0.3, 0.4) is 0 Å². The van der Waals surface area contributed by atoms with Crippen LogP contribution in [0.5, 0.6) is 0 Å². The summed E-state index contributed by atoms with van der Waals surface area (Å²) in [6.07, 6.45) is 12.8. The van der Waals surface area contributed by atoms with E-state index in [1.165, 1.54) is 56.1 Å². The predicted molar refractivity (Wildman–Crippen MR) is 87.7 cm³/mol. The molecular weight excluding hydrogens is 252 g/mol. The predicted octanol–water partition coefficient (Wildman–Crippen LogP) is 5.03. The molecule has 0 bridgehead atoms. The summed E-state index contributed by atoms with van der Waals surface area (Å²) >= 11 is 0. The quantitative estimate of drug-likeness (QED) is 0.539. The molecular formula is C21H21. The zero-order chi connectivity index (χ0) is 13.8. The van der Waals surface area contributed by atoms with Crippen molar-refractivity contribution in [3.8, 4) is 11.1 Å². The Bertz CT molecular complexity index is 673. The molecule has 0 fully saturated rings. The van der Waals surface area contributed by atoms with Crippen LogP contribution in [0.2, 0.25) is 0 Å². The monoisotopic (exact) mass is 273 g/mol. The van der Waals surface area contributed by atoms with Crippen molar-refractivity contribution in [2.24, 2.45) is 0 Å². The third kappa shape index (κ3) is 1.81. The smallest absolute Gasteiger partial charge is 0.00132 e. The summed E-state index contributed by atoms with van der Waals surface area (Å²) in [4.78, 5) is 0. The van der Waals surface area contributed by atoms with Crippen molar-refractivity contribution in [2.45, 2.75) is 51.4 Å². The molecule has 2 aromatic rings. The van der Waals surface area contributed by atoms with Gasteiger partial charge in [0.1, 0.15) is 0 Å². The Morgan fingerprint density at radius 3 is 2.10 bits per heavy atom. The first-order valence-corrected chi connectivity index (χ1v) is 8.52. The molecule has 0 saturated carbocycles. The Labute approximate surface area is 127 Å². The standard InChI is InChI=1S/C21H21/c1-3-7-16-12-20-18(9-14(16)5-1)11-19-10-15-6-2-4-8-17(15)13-21(19)20/h5,9-10,12-13H,1-4,6-8,11H2. The van der Waals surface area contributed by atoms with E-state index in [9.17, 15) is 0 Å². The van der Waals surface area contributed by atoms with Crippen LogP contribution >= 0.6 is 0 Å². The first kappa shape index (κ1) is 12.0. The topological polar surface area (TPSA) is 0 Å². The molecule has 0 unspecified atom stereocenters. The lowest BCUT2D eigenvalue weighted by Crippen LogP contribution is -2.03. The second-order valence-corrected chi connectivity index (χ2v) is 6.97. The average Bonchev–Trinajstić information content (AvgIpc) is 2.87. The highest BCUT2D eigenvalue weighted by atomic mass is 14.3. The van der Waals surface area contributed by atoms with Gasteiger partial charge in [0, 0.05) is 0 Å². The number of hydrogen-bond acceptors (Lipinski definition) is 0. The molecule has 0 heteroatoms. The molecule has 3 aliphatic rings. The van der Waals surface area contributed by atoms with Gasteiger partial charge in [-0.05, 0) is 102 Å². The van der Waals surface area contributed by atoms with E-state index in [0.717, 1.165) is 6.42 Å². The average molecular weight is 273 g/mol. The normalized spacial score (nSPS) is 18.7. The maximum atomic E-state index is 2.52. The van der Waals surface area contributed by atoms with Crippen LogP contribution in [0, 0.1) is 6.42 Å². The molecule has 5 rings (SSSR count). The lowest BCUT2D eigenvalue weighted by atomic mass is 9.86. The molecule has 0 aromatic heterocycles. The van der Waals surface area contributed by atoms with Crippen LogP contribution in [0.25, 0.3) is 11.1 Å². The highest BCUT2D eigenvalue weighted by molar-refractivity contribution is 5.79. The summed E-state index contributed by atoms with van der Waals surface area (Å²) in [5.41, 5.74) is 12.5. The van der Waals surface area contributed by atoms with Crippen LogP contribution in [-0.2, 0) is 25.7 Å². The highest BCUT2D eigenvalue weighted by Gasteiger charge is 2.24.